The highest BCUT2D eigenvalue weighted by Gasteiger charge is 2.47. The van der Waals surface area contributed by atoms with Crippen LogP contribution in [0.25, 0.3) is 0 Å². The SMILES string of the molecule is CSCCN1CCC2(CC2)C1. The van der Waals surface area contributed by atoms with Gasteiger partial charge in [-0.3, -0.25) is 0 Å². The molecule has 0 atom stereocenters. The van der Waals surface area contributed by atoms with Gasteiger partial charge in [-0.25, -0.2) is 0 Å². The normalized spacial score (nSPS) is 28.1. The number of likely N-dealkylation sites (tertiary alicyclic amines) is 1. The third-order valence-corrected chi connectivity index (χ3v) is 3.68. The van der Waals surface area contributed by atoms with E-state index >= 15 is 0 Å². The van der Waals surface area contributed by atoms with Crippen LogP contribution < -0.4 is 0 Å². The molecule has 2 fully saturated rings. The second-order valence-corrected chi connectivity index (χ2v) is 5.00. The van der Waals surface area contributed by atoms with Gasteiger partial charge in [-0.1, -0.05) is 0 Å². The summed E-state index contributed by atoms with van der Waals surface area (Å²) in [5, 5.41) is 0. The zero-order valence-corrected chi connectivity index (χ0v) is 8.12. The summed E-state index contributed by atoms with van der Waals surface area (Å²) in [7, 11) is 0. The van der Waals surface area contributed by atoms with Crippen molar-refractivity contribution in [3.05, 3.63) is 0 Å². The van der Waals surface area contributed by atoms with E-state index in [1.165, 1.54) is 44.6 Å². The Balaban J connectivity index is 1.72. The van der Waals surface area contributed by atoms with E-state index in [-0.39, 0.29) is 0 Å². The first-order valence-corrected chi connectivity index (χ1v) is 5.95. The first-order valence-electron chi connectivity index (χ1n) is 4.56. The van der Waals surface area contributed by atoms with Gasteiger partial charge in [-0.2, -0.15) is 11.8 Å². The number of hydrogen-bond acceptors (Lipinski definition) is 2. The molecule has 0 unspecified atom stereocenters. The molecule has 0 amide bonds. The lowest BCUT2D eigenvalue weighted by Gasteiger charge is -2.14. The Labute approximate surface area is 73.5 Å². The van der Waals surface area contributed by atoms with E-state index in [9.17, 15) is 0 Å². The molecule has 0 aromatic carbocycles. The summed E-state index contributed by atoms with van der Waals surface area (Å²) in [6, 6.07) is 0. The van der Waals surface area contributed by atoms with E-state index in [1.54, 1.807) is 0 Å². The predicted octanol–water partition coefficient (Wildman–Crippen LogP) is 1.84. The lowest BCUT2D eigenvalue weighted by atomic mass is 10.1. The van der Waals surface area contributed by atoms with Gasteiger partial charge in [0, 0.05) is 18.8 Å². The fourth-order valence-corrected chi connectivity index (χ4v) is 2.46. The maximum atomic E-state index is 2.64. The summed E-state index contributed by atoms with van der Waals surface area (Å²) in [4.78, 5) is 2.64. The van der Waals surface area contributed by atoms with Crippen molar-refractivity contribution in [1.82, 2.24) is 4.90 Å². The highest BCUT2D eigenvalue weighted by atomic mass is 32.2. The van der Waals surface area contributed by atoms with Crippen molar-refractivity contribution in [2.24, 2.45) is 5.41 Å². The number of hydrogen-bond donors (Lipinski definition) is 0. The average Bonchev–Trinajstić information content (AvgIpc) is 2.61. The Morgan fingerprint density at radius 1 is 1.36 bits per heavy atom. The minimum atomic E-state index is 0.832. The minimum Gasteiger partial charge on any atom is -0.302 e. The molecule has 1 nitrogen and oxygen atoms in total. The molecule has 1 saturated carbocycles. The lowest BCUT2D eigenvalue weighted by molar-refractivity contribution is 0.340. The summed E-state index contributed by atoms with van der Waals surface area (Å²) in [5.41, 5.74) is 0.832. The molecule has 0 bridgehead atoms. The van der Waals surface area contributed by atoms with Crippen LogP contribution in [0.5, 0.6) is 0 Å². The highest BCUT2D eigenvalue weighted by molar-refractivity contribution is 7.98. The minimum absolute atomic E-state index is 0.832. The largest absolute Gasteiger partial charge is 0.302 e. The standard InChI is InChI=1S/C9H17NS/c1-11-7-6-10-5-4-9(8-10)2-3-9/h2-8H2,1H3. The van der Waals surface area contributed by atoms with E-state index < -0.39 is 0 Å². The molecule has 1 spiro atoms. The van der Waals surface area contributed by atoms with Crippen LogP contribution in [0.1, 0.15) is 19.3 Å². The van der Waals surface area contributed by atoms with Gasteiger partial charge < -0.3 is 4.90 Å². The Hall–Kier alpha value is 0.310. The molecular formula is C9H17NS. The Kier molecular flexibility index (Phi) is 2.15. The first-order chi connectivity index (χ1) is 5.35. The molecule has 64 valence electrons. The van der Waals surface area contributed by atoms with Crippen molar-refractivity contribution in [1.29, 1.82) is 0 Å². The molecule has 2 rings (SSSR count). The maximum Gasteiger partial charge on any atom is 0.00725 e. The molecule has 1 aliphatic heterocycles. The van der Waals surface area contributed by atoms with Crippen molar-refractivity contribution in [2.75, 3.05) is 31.6 Å². The van der Waals surface area contributed by atoms with Crippen LogP contribution >= 0.6 is 11.8 Å². The summed E-state index contributed by atoms with van der Waals surface area (Å²) >= 11 is 1.97. The fraction of sp³-hybridized carbons (Fsp3) is 1.00. The topological polar surface area (TPSA) is 3.24 Å². The molecule has 2 heteroatoms. The third-order valence-electron chi connectivity index (χ3n) is 3.09. The zero-order valence-electron chi connectivity index (χ0n) is 7.31. The van der Waals surface area contributed by atoms with Crippen LogP contribution in [0.15, 0.2) is 0 Å². The monoisotopic (exact) mass is 171 g/mol. The van der Waals surface area contributed by atoms with Gasteiger partial charge in [-0.15, -0.1) is 0 Å². The molecule has 1 saturated heterocycles. The van der Waals surface area contributed by atoms with E-state index in [1.807, 2.05) is 11.8 Å². The van der Waals surface area contributed by atoms with Crippen LogP contribution in [0.2, 0.25) is 0 Å². The fourth-order valence-electron chi connectivity index (χ4n) is 2.02. The van der Waals surface area contributed by atoms with E-state index in [2.05, 4.69) is 11.2 Å². The molecule has 1 aliphatic carbocycles. The van der Waals surface area contributed by atoms with Gasteiger partial charge in [0.2, 0.25) is 0 Å². The Morgan fingerprint density at radius 2 is 2.18 bits per heavy atom. The zero-order chi connectivity index (χ0) is 7.73. The quantitative estimate of drug-likeness (QED) is 0.637. The molecular weight excluding hydrogens is 154 g/mol. The summed E-state index contributed by atoms with van der Waals surface area (Å²) < 4.78 is 0. The van der Waals surface area contributed by atoms with Crippen molar-refractivity contribution >= 4 is 11.8 Å². The van der Waals surface area contributed by atoms with Crippen molar-refractivity contribution < 1.29 is 0 Å². The summed E-state index contributed by atoms with van der Waals surface area (Å²) in [6.45, 7) is 4.11. The number of rotatable bonds is 3. The molecule has 0 radical (unpaired) electrons. The maximum absolute atomic E-state index is 2.64. The Morgan fingerprint density at radius 3 is 2.73 bits per heavy atom. The predicted molar refractivity (Wildman–Crippen MR) is 51.1 cm³/mol. The number of nitrogens with zero attached hydrogens (tertiary/aromatic N) is 1. The van der Waals surface area contributed by atoms with Gasteiger partial charge in [0.05, 0.1) is 0 Å². The second kappa shape index (κ2) is 2.98. The van der Waals surface area contributed by atoms with Gasteiger partial charge >= 0.3 is 0 Å². The molecule has 0 aromatic rings. The van der Waals surface area contributed by atoms with Gasteiger partial charge in [0.25, 0.3) is 0 Å². The van der Waals surface area contributed by atoms with Gasteiger partial charge in [0.1, 0.15) is 0 Å². The van der Waals surface area contributed by atoms with Crippen molar-refractivity contribution in [3.63, 3.8) is 0 Å². The van der Waals surface area contributed by atoms with Gasteiger partial charge in [-0.05, 0) is 37.5 Å². The molecule has 1 heterocycles. The molecule has 0 N–H and O–H groups in total. The highest BCUT2D eigenvalue weighted by Crippen LogP contribution is 2.52. The molecule has 11 heavy (non-hydrogen) atoms. The summed E-state index contributed by atoms with van der Waals surface area (Å²) in [5.74, 6) is 1.32. The lowest BCUT2D eigenvalue weighted by Crippen LogP contribution is -2.23. The van der Waals surface area contributed by atoms with E-state index in [0.29, 0.717) is 0 Å². The van der Waals surface area contributed by atoms with Crippen LogP contribution in [-0.4, -0.2) is 36.5 Å². The Bertz CT molecular complexity index is 142. The van der Waals surface area contributed by atoms with E-state index in [4.69, 9.17) is 0 Å². The first kappa shape index (κ1) is 7.93. The smallest absolute Gasteiger partial charge is 0.00725 e. The summed E-state index contributed by atoms with van der Waals surface area (Å²) in [6.07, 6.45) is 6.72. The second-order valence-electron chi connectivity index (χ2n) is 4.02. The van der Waals surface area contributed by atoms with E-state index in [0.717, 1.165) is 5.41 Å². The average molecular weight is 171 g/mol. The van der Waals surface area contributed by atoms with Crippen LogP contribution in [0.3, 0.4) is 0 Å². The molecule has 2 aliphatic rings. The van der Waals surface area contributed by atoms with Crippen molar-refractivity contribution in [3.8, 4) is 0 Å². The van der Waals surface area contributed by atoms with Crippen molar-refractivity contribution in [2.45, 2.75) is 19.3 Å². The van der Waals surface area contributed by atoms with Crippen LogP contribution in [0.4, 0.5) is 0 Å². The van der Waals surface area contributed by atoms with Gasteiger partial charge in [0.15, 0.2) is 0 Å². The van der Waals surface area contributed by atoms with Crippen LogP contribution in [0, 0.1) is 5.41 Å². The molecule has 0 aromatic heterocycles. The number of thioether (sulfide) groups is 1. The van der Waals surface area contributed by atoms with Crippen LogP contribution in [-0.2, 0) is 0 Å². The third kappa shape index (κ3) is 1.73.